The van der Waals surface area contributed by atoms with E-state index in [2.05, 4.69) is 15.3 Å². The number of nitrogens with zero attached hydrogens (tertiary/aromatic N) is 5. The Bertz CT molecular complexity index is 1380. The molecular formula is C26H30N8O2. The number of fused-ring (bicyclic) bond motifs is 1. The van der Waals surface area contributed by atoms with Crippen molar-refractivity contribution in [1.82, 2.24) is 24.3 Å². The van der Waals surface area contributed by atoms with Crippen molar-refractivity contribution in [1.29, 1.82) is 0 Å². The first kappa shape index (κ1) is 23.5. The Balaban J connectivity index is 1.39. The lowest BCUT2D eigenvalue weighted by molar-refractivity contribution is -0.132. The fourth-order valence-electron chi connectivity index (χ4n) is 4.99. The summed E-state index contributed by atoms with van der Waals surface area (Å²) in [4.78, 5) is 40.5. The van der Waals surface area contributed by atoms with Gasteiger partial charge < -0.3 is 21.7 Å². The topological polar surface area (TPSA) is 145 Å². The molecule has 5 N–H and O–H groups in total. The lowest BCUT2D eigenvalue weighted by atomic mass is 9.93. The van der Waals surface area contributed by atoms with E-state index in [0.29, 0.717) is 42.3 Å². The van der Waals surface area contributed by atoms with Crippen LogP contribution in [0.3, 0.4) is 0 Å². The minimum Gasteiger partial charge on any atom is -0.399 e. The lowest BCUT2D eigenvalue weighted by Gasteiger charge is -2.32. The van der Waals surface area contributed by atoms with Crippen molar-refractivity contribution in [3.8, 4) is 0 Å². The molecule has 0 aromatic carbocycles. The molecule has 186 valence electrons. The zero-order chi connectivity index (χ0) is 25.2. The second-order valence-electron chi connectivity index (χ2n) is 9.21. The molecule has 1 fully saturated rings. The van der Waals surface area contributed by atoms with E-state index in [1.807, 2.05) is 34.6 Å². The molecule has 5 rings (SSSR count). The van der Waals surface area contributed by atoms with Gasteiger partial charge in [0, 0.05) is 67.3 Å². The molecule has 2 aliphatic rings. The number of hydrogen-bond donors (Lipinski definition) is 3. The van der Waals surface area contributed by atoms with Gasteiger partial charge in [0.1, 0.15) is 23.0 Å². The number of rotatable bonds is 5. The molecule has 10 nitrogen and oxygen atoms in total. The number of pyridine rings is 1. The maximum atomic E-state index is 12.7. The number of carbonyl (C=O) groups excluding carboxylic acids is 2. The molecule has 0 saturated carbocycles. The van der Waals surface area contributed by atoms with E-state index in [9.17, 15) is 9.59 Å². The molecule has 2 atom stereocenters. The van der Waals surface area contributed by atoms with Crippen molar-refractivity contribution in [2.45, 2.75) is 44.4 Å². The van der Waals surface area contributed by atoms with E-state index in [1.54, 1.807) is 30.6 Å². The first-order chi connectivity index (χ1) is 17.4. The summed E-state index contributed by atoms with van der Waals surface area (Å²) in [5.74, 6) is 1.70. The summed E-state index contributed by atoms with van der Waals surface area (Å²) in [6.07, 6.45) is 13.8. The molecule has 0 bridgehead atoms. The summed E-state index contributed by atoms with van der Waals surface area (Å²) in [5, 5.41) is 2.78. The Labute approximate surface area is 209 Å². The number of amides is 2. The summed E-state index contributed by atoms with van der Waals surface area (Å²) >= 11 is 0. The van der Waals surface area contributed by atoms with Crippen molar-refractivity contribution >= 4 is 34.7 Å². The molecule has 4 heterocycles. The smallest absolute Gasteiger partial charge is 0.256 e. The van der Waals surface area contributed by atoms with Crippen LogP contribution in [0.2, 0.25) is 0 Å². The van der Waals surface area contributed by atoms with E-state index in [4.69, 9.17) is 16.5 Å². The van der Waals surface area contributed by atoms with E-state index in [0.717, 1.165) is 36.4 Å². The minimum absolute atomic E-state index is 0.0562. The molecule has 0 spiro atoms. The van der Waals surface area contributed by atoms with Gasteiger partial charge in [-0.05, 0) is 25.3 Å². The first-order valence-corrected chi connectivity index (χ1v) is 12.3. The highest BCUT2D eigenvalue weighted by Crippen LogP contribution is 2.35. The molecule has 3 aromatic rings. The number of nitrogens with two attached hydrogens (primary N) is 2. The summed E-state index contributed by atoms with van der Waals surface area (Å²) in [5.41, 5.74) is 14.8. The highest BCUT2D eigenvalue weighted by molar-refractivity contribution is 6.05. The number of allylic oxidation sites excluding steroid dienone is 2. The Morgan fingerprint density at radius 1 is 1.22 bits per heavy atom. The molecule has 0 radical (unpaired) electrons. The molecule has 1 aliphatic heterocycles. The molecule has 36 heavy (non-hydrogen) atoms. The van der Waals surface area contributed by atoms with Crippen LogP contribution >= 0.6 is 0 Å². The van der Waals surface area contributed by atoms with Crippen LogP contribution in [0, 0.1) is 0 Å². The van der Waals surface area contributed by atoms with Gasteiger partial charge >= 0.3 is 0 Å². The summed E-state index contributed by atoms with van der Waals surface area (Å²) in [6, 6.07) is 3.28. The van der Waals surface area contributed by atoms with E-state index < -0.39 is 0 Å². The van der Waals surface area contributed by atoms with Gasteiger partial charge in [-0.15, -0.1) is 0 Å². The Morgan fingerprint density at radius 3 is 2.83 bits per heavy atom. The number of anilines is 3. The normalized spacial score (nSPS) is 19.8. The molecule has 2 amide bonds. The van der Waals surface area contributed by atoms with Crippen LogP contribution in [0.4, 0.5) is 17.3 Å². The predicted molar refractivity (Wildman–Crippen MR) is 138 cm³/mol. The third-order valence-electron chi connectivity index (χ3n) is 6.82. The van der Waals surface area contributed by atoms with Crippen molar-refractivity contribution < 1.29 is 9.59 Å². The largest absolute Gasteiger partial charge is 0.399 e. The maximum Gasteiger partial charge on any atom is 0.256 e. The van der Waals surface area contributed by atoms with Gasteiger partial charge in [-0.25, -0.2) is 15.0 Å². The number of likely N-dealkylation sites (tertiary alicyclic amines) is 1. The molecule has 3 aromatic heterocycles. The highest BCUT2D eigenvalue weighted by Gasteiger charge is 2.30. The number of nitrogen functional groups attached to an aromatic ring is 2. The zero-order valence-electron chi connectivity index (χ0n) is 20.2. The van der Waals surface area contributed by atoms with E-state index in [1.165, 1.54) is 0 Å². The van der Waals surface area contributed by atoms with Crippen LogP contribution in [0.5, 0.6) is 0 Å². The van der Waals surface area contributed by atoms with Gasteiger partial charge in [-0.1, -0.05) is 25.2 Å². The van der Waals surface area contributed by atoms with E-state index >= 15 is 0 Å². The summed E-state index contributed by atoms with van der Waals surface area (Å²) < 4.78 is 2.02. The lowest BCUT2D eigenvalue weighted by Crippen LogP contribution is -2.39. The molecule has 1 aliphatic carbocycles. The second kappa shape index (κ2) is 9.80. The Kier molecular flexibility index (Phi) is 6.41. The minimum atomic E-state index is -0.248. The third kappa shape index (κ3) is 4.53. The fraction of sp³-hybridized carbons (Fsp3) is 0.346. The van der Waals surface area contributed by atoms with Crippen LogP contribution in [0.1, 0.15) is 56.0 Å². The Hall–Kier alpha value is -4.21. The quantitative estimate of drug-likeness (QED) is 0.503. The molecule has 2 unspecified atom stereocenters. The number of piperidine rings is 1. The number of imidazole rings is 1. The standard InChI is InChI=1S/C26H30N8O2/c1-2-21(35)33-12-3-4-18(15-33)25-32-22(23-24(28)30-11-13-34(23)25)16-5-7-17(8-6-16)26(36)31-20-14-19(27)9-10-29-20/h5,7-11,13-14,16,18H,2-4,6,12,15H2,1H3,(H2,28,30)(H3,27,29,31,36). The maximum absolute atomic E-state index is 12.7. The SMILES string of the molecule is CCC(=O)N1CCCC(c2nc(C3C=CC(C(=O)Nc4cc(N)ccn4)=CC3)c3c(N)nccn23)C1. The summed E-state index contributed by atoms with van der Waals surface area (Å²) in [6.45, 7) is 3.33. The van der Waals surface area contributed by atoms with Crippen LogP contribution in [0.25, 0.3) is 5.52 Å². The van der Waals surface area contributed by atoms with E-state index in [-0.39, 0.29) is 23.7 Å². The van der Waals surface area contributed by atoms with Crippen molar-refractivity contribution in [3.63, 3.8) is 0 Å². The molecule has 10 heteroatoms. The predicted octanol–water partition coefficient (Wildman–Crippen LogP) is 3.01. The number of hydrogen-bond acceptors (Lipinski definition) is 7. The van der Waals surface area contributed by atoms with Gasteiger partial charge in [-0.2, -0.15) is 0 Å². The summed E-state index contributed by atoms with van der Waals surface area (Å²) in [7, 11) is 0. The molecule has 1 saturated heterocycles. The number of carbonyl (C=O) groups is 2. The number of aromatic nitrogens is 4. The van der Waals surface area contributed by atoms with Crippen LogP contribution in [-0.2, 0) is 9.59 Å². The first-order valence-electron chi connectivity index (χ1n) is 12.3. The second-order valence-corrected chi connectivity index (χ2v) is 9.21. The monoisotopic (exact) mass is 486 g/mol. The number of nitrogens with one attached hydrogen (secondary N) is 1. The average molecular weight is 487 g/mol. The van der Waals surface area contributed by atoms with Crippen LogP contribution < -0.4 is 16.8 Å². The fourth-order valence-corrected chi connectivity index (χ4v) is 4.99. The van der Waals surface area contributed by atoms with Gasteiger partial charge in [0.05, 0.1) is 5.69 Å². The molecular weight excluding hydrogens is 456 g/mol. The van der Waals surface area contributed by atoms with Crippen molar-refractivity contribution in [2.75, 3.05) is 29.9 Å². The zero-order valence-corrected chi connectivity index (χ0v) is 20.2. The average Bonchev–Trinajstić information content (AvgIpc) is 3.29. The van der Waals surface area contributed by atoms with Gasteiger partial charge in [-0.3, -0.25) is 14.0 Å². The van der Waals surface area contributed by atoms with Crippen molar-refractivity contribution in [2.24, 2.45) is 0 Å². The van der Waals surface area contributed by atoms with Crippen LogP contribution in [0.15, 0.2) is 54.5 Å². The van der Waals surface area contributed by atoms with Gasteiger partial charge in [0.15, 0.2) is 0 Å². The van der Waals surface area contributed by atoms with Gasteiger partial charge in [0.25, 0.3) is 5.91 Å². The Morgan fingerprint density at radius 2 is 2.08 bits per heavy atom. The van der Waals surface area contributed by atoms with Crippen molar-refractivity contribution in [3.05, 3.63) is 66.0 Å². The van der Waals surface area contributed by atoms with Gasteiger partial charge in [0.2, 0.25) is 5.91 Å². The third-order valence-corrected chi connectivity index (χ3v) is 6.82. The van der Waals surface area contributed by atoms with Crippen LogP contribution in [-0.4, -0.2) is 49.2 Å². The highest BCUT2D eigenvalue weighted by atomic mass is 16.2.